The third-order valence-corrected chi connectivity index (χ3v) is 6.39. The van der Waals surface area contributed by atoms with Gasteiger partial charge in [-0.25, -0.2) is 8.42 Å². The zero-order valence-electron chi connectivity index (χ0n) is 14.2. The molecule has 0 unspecified atom stereocenters. The predicted molar refractivity (Wildman–Crippen MR) is 89.5 cm³/mol. The standard InChI is InChI=1S/C15H22N4O6S/c16-9-10-1-2-12(24-10)15(21)18-5-7-19(8-6-18)26(22,23)13-4-3-11(25-13)14(17)20/h3-4,10,12H,1-2,5-9,16H2,(H2,17,20)/t10-,12+/m1/s1. The summed E-state index contributed by atoms with van der Waals surface area (Å²) < 4.78 is 37.0. The number of ether oxygens (including phenoxy) is 1. The number of primary amides is 1. The second-order valence-corrected chi connectivity index (χ2v) is 8.14. The molecule has 0 aromatic carbocycles. The maximum absolute atomic E-state index is 12.6. The second kappa shape index (κ2) is 7.35. The molecule has 2 amide bonds. The van der Waals surface area contributed by atoms with Gasteiger partial charge in [0.2, 0.25) is 5.09 Å². The normalized spacial score (nSPS) is 24.7. The van der Waals surface area contributed by atoms with Gasteiger partial charge in [-0.1, -0.05) is 0 Å². The Morgan fingerprint density at radius 2 is 1.85 bits per heavy atom. The van der Waals surface area contributed by atoms with E-state index in [1.807, 2.05) is 0 Å². The molecule has 1 aromatic heterocycles. The van der Waals surface area contributed by atoms with Gasteiger partial charge in [-0.15, -0.1) is 0 Å². The van der Waals surface area contributed by atoms with E-state index >= 15 is 0 Å². The van der Waals surface area contributed by atoms with E-state index in [0.717, 1.165) is 6.42 Å². The van der Waals surface area contributed by atoms with Crippen LogP contribution in [0.3, 0.4) is 0 Å². The number of furan rings is 1. The van der Waals surface area contributed by atoms with Crippen LogP contribution in [-0.4, -0.2) is 74.4 Å². The van der Waals surface area contributed by atoms with E-state index in [1.54, 1.807) is 4.90 Å². The fourth-order valence-electron chi connectivity index (χ4n) is 3.13. The molecule has 2 atom stereocenters. The van der Waals surface area contributed by atoms with Crippen LogP contribution in [0.5, 0.6) is 0 Å². The van der Waals surface area contributed by atoms with E-state index < -0.39 is 22.0 Å². The zero-order valence-corrected chi connectivity index (χ0v) is 15.0. The van der Waals surface area contributed by atoms with Crippen molar-refractivity contribution in [3.8, 4) is 0 Å². The molecular weight excluding hydrogens is 364 g/mol. The Balaban J connectivity index is 1.60. The Morgan fingerprint density at radius 3 is 2.38 bits per heavy atom. The first-order valence-corrected chi connectivity index (χ1v) is 9.81. The number of nitrogens with two attached hydrogens (primary N) is 2. The third-order valence-electron chi connectivity index (χ3n) is 4.61. The molecule has 3 rings (SSSR count). The number of carbonyl (C=O) groups excluding carboxylic acids is 2. The molecule has 10 nitrogen and oxygen atoms in total. The van der Waals surface area contributed by atoms with E-state index in [1.165, 1.54) is 16.4 Å². The van der Waals surface area contributed by atoms with Crippen LogP contribution in [0, 0.1) is 0 Å². The smallest absolute Gasteiger partial charge is 0.284 e. The van der Waals surface area contributed by atoms with Crippen molar-refractivity contribution >= 4 is 21.8 Å². The number of rotatable bonds is 5. The molecule has 3 heterocycles. The van der Waals surface area contributed by atoms with E-state index in [0.29, 0.717) is 13.0 Å². The lowest BCUT2D eigenvalue weighted by atomic mass is 10.1. The molecule has 2 aliphatic rings. The highest BCUT2D eigenvalue weighted by Crippen LogP contribution is 2.23. The van der Waals surface area contributed by atoms with Gasteiger partial charge in [-0.3, -0.25) is 9.59 Å². The van der Waals surface area contributed by atoms with Gasteiger partial charge in [-0.2, -0.15) is 4.31 Å². The van der Waals surface area contributed by atoms with Crippen LogP contribution in [0.15, 0.2) is 21.6 Å². The van der Waals surface area contributed by atoms with E-state index in [4.69, 9.17) is 20.6 Å². The first-order valence-electron chi connectivity index (χ1n) is 8.37. The van der Waals surface area contributed by atoms with Crippen LogP contribution >= 0.6 is 0 Å². The van der Waals surface area contributed by atoms with Gasteiger partial charge < -0.3 is 25.5 Å². The highest BCUT2D eigenvalue weighted by molar-refractivity contribution is 7.89. The van der Waals surface area contributed by atoms with Crippen molar-refractivity contribution in [3.05, 3.63) is 17.9 Å². The first kappa shape index (κ1) is 18.8. The van der Waals surface area contributed by atoms with Gasteiger partial charge in [-0.05, 0) is 25.0 Å². The molecule has 144 valence electrons. The van der Waals surface area contributed by atoms with Crippen LogP contribution < -0.4 is 11.5 Å². The van der Waals surface area contributed by atoms with Crippen molar-refractivity contribution in [2.75, 3.05) is 32.7 Å². The molecule has 0 spiro atoms. The number of amides is 2. The van der Waals surface area contributed by atoms with Crippen molar-refractivity contribution in [1.29, 1.82) is 0 Å². The molecule has 2 aliphatic heterocycles. The molecule has 11 heteroatoms. The lowest BCUT2D eigenvalue weighted by Crippen LogP contribution is -2.52. The van der Waals surface area contributed by atoms with Gasteiger partial charge in [0.15, 0.2) is 5.76 Å². The third kappa shape index (κ3) is 3.61. The lowest BCUT2D eigenvalue weighted by molar-refractivity contribution is -0.143. The van der Waals surface area contributed by atoms with E-state index in [-0.39, 0.29) is 49.0 Å². The first-order chi connectivity index (χ1) is 12.3. The predicted octanol–water partition coefficient (Wildman–Crippen LogP) is -1.28. The summed E-state index contributed by atoms with van der Waals surface area (Å²) in [7, 11) is -3.88. The fourth-order valence-corrected chi connectivity index (χ4v) is 4.47. The number of piperazine rings is 1. The monoisotopic (exact) mass is 386 g/mol. The number of hydrogen-bond donors (Lipinski definition) is 2. The number of hydrogen-bond acceptors (Lipinski definition) is 7. The highest BCUT2D eigenvalue weighted by Gasteiger charge is 2.37. The summed E-state index contributed by atoms with van der Waals surface area (Å²) in [6.45, 7) is 1.16. The molecule has 2 fully saturated rings. The summed E-state index contributed by atoms with van der Waals surface area (Å²) in [6.07, 6.45) is 0.780. The Kier molecular flexibility index (Phi) is 5.32. The van der Waals surface area contributed by atoms with E-state index in [9.17, 15) is 18.0 Å². The molecule has 2 saturated heterocycles. The maximum atomic E-state index is 12.6. The summed E-state index contributed by atoms with van der Waals surface area (Å²) in [4.78, 5) is 25.2. The Hall–Kier alpha value is -1.95. The van der Waals surface area contributed by atoms with Gasteiger partial charge >= 0.3 is 0 Å². The average molecular weight is 386 g/mol. The number of nitrogens with zero attached hydrogens (tertiary/aromatic N) is 2. The largest absolute Gasteiger partial charge is 0.438 e. The van der Waals surface area contributed by atoms with Crippen LogP contribution in [0.25, 0.3) is 0 Å². The molecular formula is C15H22N4O6S. The maximum Gasteiger partial charge on any atom is 0.284 e. The van der Waals surface area contributed by atoms with Crippen molar-refractivity contribution < 1.29 is 27.2 Å². The minimum absolute atomic E-state index is 0.0935. The summed E-state index contributed by atoms with van der Waals surface area (Å²) in [5.74, 6) is -1.19. The molecule has 1 aromatic rings. The highest BCUT2D eigenvalue weighted by atomic mass is 32.2. The minimum atomic E-state index is -3.88. The summed E-state index contributed by atoms with van der Waals surface area (Å²) in [5.41, 5.74) is 10.6. The number of sulfonamides is 1. The molecule has 4 N–H and O–H groups in total. The Labute approximate surface area is 151 Å². The summed E-state index contributed by atoms with van der Waals surface area (Å²) in [6, 6.07) is 2.42. The molecule has 0 aliphatic carbocycles. The second-order valence-electron chi connectivity index (χ2n) is 6.27. The average Bonchev–Trinajstić information content (AvgIpc) is 3.31. The SMILES string of the molecule is NC[C@H]1CC[C@@H](C(=O)N2CCN(S(=O)(=O)c3ccc(C(N)=O)o3)CC2)O1. The van der Waals surface area contributed by atoms with Crippen molar-refractivity contribution in [2.24, 2.45) is 11.5 Å². The number of carbonyl (C=O) groups is 2. The molecule has 0 bridgehead atoms. The van der Waals surface area contributed by atoms with Crippen molar-refractivity contribution in [1.82, 2.24) is 9.21 Å². The Bertz CT molecular complexity index is 784. The topological polar surface area (TPSA) is 149 Å². The summed E-state index contributed by atoms with van der Waals surface area (Å²) in [5, 5.41) is -0.337. The van der Waals surface area contributed by atoms with Crippen molar-refractivity contribution in [2.45, 2.75) is 30.1 Å². The lowest BCUT2D eigenvalue weighted by Gasteiger charge is -2.34. The van der Waals surface area contributed by atoms with Crippen molar-refractivity contribution in [3.63, 3.8) is 0 Å². The van der Waals surface area contributed by atoms with Crippen LogP contribution in [0.4, 0.5) is 0 Å². The van der Waals surface area contributed by atoms with E-state index in [2.05, 4.69) is 0 Å². The zero-order chi connectivity index (χ0) is 18.9. The van der Waals surface area contributed by atoms with Crippen LogP contribution in [0.1, 0.15) is 23.4 Å². The van der Waals surface area contributed by atoms with Gasteiger partial charge in [0.1, 0.15) is 6.10 Å². The Morgan fingerprint density at radius 1 is 1.15 bits per heavy atom. The quantitative estimate of drug-likeness (QED) is 0.640. The van der Waals surface area contributed by atoms with Gasteiger partial charge in [0.25, 0.3) is 21.8 Å². The van der Waals surface area contributed by atoms with Crippen LogP contribution in [-0.2, 0) is 19.6 Å². The van der Waals surface area contributed by atoms with Gasteiger partial charge in [0.05, 0.1) is 6.10 Å². The van der Waals surface area contributed by atoms with Gasteiger partial charge in [0, 0.05) is 32.7 Å². The fraction of sp³-hybridized carbons (Fsp3) is 0.600. The molecule has 26 heavy (non-hydrogen) atoms. The van der Waals surface area contributed by atoms with Crippen LogP contribution in [0.2, 0.25) is 0 Å². The summed E-state index contributed by atoms with van der Waals surface area (Å²) >= 11 is 0. The molecule has 0 saturated carbocycles. The minimum Gasteiger partial charge on any atom is -0.438 e. The molecule has 0 radical (unpaired) electrons.